The predicted octanol–water partition coefficient (Wildman–Crippen LogP) is 6.84. The van der Waals surface area contributed by atoms with Crippen molar-refractivity contribution in [3.8, 4) is 0 Å². The summed E-state index contributed by atoms with van der Waals surface area (Å²) < 4.78 is 39.6. The SMILES string of the molecule is CCCCCCc1cc(C(Cl)=NNc2ccccc2)cc(C(F)(F)F)c1. The summed E-state index contributed by atoms with van der Waals surface area (Å²) in [6, 6.07) is 13.0. The van der Waals surface area contributed by atoms with E-state index >= 15 is 0 Å². The van der Waals surface area contributed by atoms with Crippen molar-refractivity contribution >= 4 is 22.5 Å². The molecule has 0 spiro atoms. The van der Waals surface area contributed by atoms with Gasteiger partial charge in [-0.15, -0.1) is 0 Å². The van der Waals surface area contributed by atoms with E-state index in [1.807, 2.05) is 18.2 Å². The maximum Gasteiger partial charge on any atom is 0.416 e. The molecule has 2 nitrogen and oxygen atoms in total. The lowest BCUT2D eigenvalue weighted by Gasteiger charge is -2.12. The highest BCUT2D eigenvalue weighted by molar-refractivity contribution is 6.69. The first-order valence-corrected chi connectivity index (χ1v) is 9.03. The molecule has 0 unspecified atom stereocenters. The van der Waals surface area contributed by atoms with Crippen molar-refractivity contribution in [3.05, 3.63) is 65.2 Å². The maximum atomic E-state index is 13.2. The minimum atomic E-state index is -4.42. The van der Waals surface area contributed by atoms with Gasteiger partial charge in [0.25, 0.3) is 0 Å². The van der Waals surface area contributed by atoms with Crippen LogP contribution in [0.5, 0.6) is 0 Å². The van der Waals surface area contributed by atoms with E-state index < -0.39 is 11.7 Å². The number of hydrazone groups is 1. The van der Waals surface area contributed by atoms with E-state index in [1.165, 1.54) is 6.07 Å². The van der Waals surface area contributed by atoms with Gasteiger partial charge >= 0.3 is 6.18 Å². The van der Waals surface area contributed by atoms with E-state index in [2.05, 4.69) is 17.5 Å². The van der Waals surface area contributed by atoms with Crippen LogP contribution >= 0.6 is 11.6 Å². The number of hydrogen-bond donors (Lipinski definition) is 1. The zero-order chi connectivity index (χ0) is 19.0. The number of benzene rings is 2. The summed E-state index contributed by atoms with van der Waals surface area (Å²) in [5.74, 6) is 0. The standard InChI is InChI=1S/C20H22ClF3N2/c1-2-3-4-6-9-15-12-16(14-17(13-15)20(22,23)24)19(21)26-25-18-10-7-5-8-11-18/h5,7-8,10-14,25H,2-4,6,9H2,1H3. The van der Waals surface area contributed by atoms with Gasteiger partial charge < -0.3 is 0 Å². The number of alkyl halides is 3. The van der Waals surface area contributed by atoms with Crippen LogP contribution in [0.1, 0.15) is 49.3 Å². The van der Waals surface area contributed by atoms with Crippen molar-refractivity contribution in [2.45, 2.75) is 45.2 Å². The largest absolute Gasteiger partial charge is 0.416 e. The normalized spacial score (nSPS) is 12.3. The fourth-order valence-corrected chi connectivity index (χ4v) is 2.72. The zero-order valence-corrected chi connectivity index (χ0v) is 15.4. The Hall–Kier alpha value is -2.01. The molecule has 0 aromatic heterocycles. The average molecular weight is 383 g/mol. The Labute approximate surface area is 157 Å². The zero-order valence-electron chi connectivity index (χ0n) is 14.6. The fourth-order valence-electron chi connectivity index (χ4n) is 2.57. The van der Waals surface area contributed by atoms with E-state index in [-0.39, 0.29) is 10.7 Å². The topological polar surface area (TPSA) is 24.4 Å². The van der Waals surface area contributed by atoms with Crippen molar-refractivity contribution in [1.29, 1.82) is 0 Å². The highest BCUT2D eigenvalue weighted by Crippen LogP contribution is 2.31. The summed E-state index contributed by atoms with van der Waals surface area (Å²) in [5.41, 5.74) is 3.64. The smallest absolute Gasteiger partial charge is 0.277 e. The Morgan fingerprint density at radius 2 is 1.77 bits per heavy atom. The fraction of sp³-hybridized carbons (Fsp3) is 0.350. The lowest BCUT2D eigenvalue weighted by Crippen LogP contribution is -2.08. The number of aryl methyl sites for hydroxylation is 1. The van der Waals surface area contributed by atoms with Gasteiger partial charge in [-0.3, -0.25) is 5.43 Å². The quantitative estimate of drug-likeness (QED) is 0.301. The molecule has 0 fully saturated rings. The number of nitrogens with zero attached hydrogens (tertiary/aromatic N) is 1. The number of nitrogens with one attached hydrogen (secondary N) is 1. The van der Waals surface area contributed by atoms with Crippen LogP contribution in [0.2, 0.25) is 0 Å². The first-order chi connectivity index (χ1) is 12.4. The second-order valence-electron chi connectivity index (χ2n) is 6.11. The number of unbranched alkanes of at least 4 members (excludes halogenated alkanes) is 3. The van der Waals surface area contributed by atoms with Crippen LogP contribution in [0.25, 0.3) is 0 Å². The molecule has 0 aliphatic heterocycles. The Morgan fingerprint density at radius 3 is 2.42 bits per heavy atom. The van der Waals surface area contributed by atoms with Gasteiger partial charge in [-0.25, -0.2) is 0 Å². The Balaban J connectivity index is 2.21. The van der Waals surface area contributed by atoms with Gasteiger partial charge in [0.15, 0.2) is 5.17 Å². The molecule has 26 heavy (non-hydrogen) atoms. The van der Waals surface area contributed by atoms with E-state index in [0.717, 1.165) is 31.7 Å². The van der Waals surface area contributed by atoms with Crippen molar-refractivity contribution in [3.63, 3.8) is 0 Å². The lowest BCUT2D eigenvalue weighted by molar-refractivity contribution is -0.137. The van der Waals surface area contributed by atoms with Crippen molar-refractivity contribution < 1.29 is 13.2 Å². The summed E-state index contributed by atoms with van der Waals surface area (Å²) >= 11 is 6.15. The molecule has 2 rings (SSSR count). The number of hydrogen-bond acceptors (Lipinski definition) is 2. The summed E-state index contributed by atoms with van der Waals surface area (Å²) in [6.45, 7) is 2.10. The third-order valence-corrected chi connectivity index (χ3v) is 4.24. The van der Waals surface area contributed by atoms with E-state index in [4.69, 9.17) is 11.6 Å². The number of anilines is 1. The van der Waals surface area contributed by atoms with Crippen molar-refractivity contribution in [2.75, 3.05) is 5.43 Å². The summed E-state index contributed by atoms with van der Waals surface area (Å²) in [4.78, 5) is 0. The average Bonchev–Trinajstić information content (AvgIpc) is 2.63. The number of rotatable bonds is 8. The molecule has 0 radical (unpaired) electrons. The highest BCUT2D eigenvalue weighted by Gasteiger charge is 2.31. The van der Waals surface area contributed by atoms with Crippen LogP contribution in [0, 0.1) is 0 Å². The van der Waals surface area contributed by atoms with Crippen LogP contribution in [-0.2, 0) is 12.6 Å². The van der Waals surface area contributed by atoms with Crippen molar-refractivity contribution in [1.82, 2.24) is 0 Å². The van der Waals surface area contributed by atoms with Gasteiger partial charge in [-0.1, -0.05) is 56.0 Å². The Morgan fingerprint density at radius 1 is 1.04 bits per heavy atom. The molecule has 1 N–H and O–H groups in total. The minimum absolute atomic E-state index is 0.00485. The molecule has 0 saturated heterocycles. The number of para-hydroxylation sites is 1. The van der Waals surface area contributed by atoms with E-state index in [9.17, 15) is 13.2 Å². The van der Waals surface area contributed by atoms with Gasteiger partial charge in [0.1, 0.15) is 0 Å². The summed E-state index contributed by atoms with van der Waals surface area (Å²) in [6.07, 6.45) is 0.184. The minimum Gasteiger partial charge on any atom is -0.277 e. The van der Waals surface area contributed by atoms with E-state index in [0.29, 0.717) is 17.7 Å². The number of halogens is 4. The van der Waals surface area contributed by atoms with Crippen molar-refractivity contribution in [2.24, 2.45) is 5.10 Å². The molecule has 0 heterocycles. The molecule has 140 valence electrons. The van der Waals surface area contributed by atoms with Crippen LogP contribution in [0.3, 0.4) is 0 Å². The highest BCUT2D eigenvalue weighted by atomic mass is 35.5. The van der Waals surface area contributed by atoms with Crippen LogP contribution in [-0.4, -0.2) is 5.17 Å². The molecule has 0 aliphatic rings. The first kappa shape index (κ1) is 20.3. The van der Waals surface area contributed by atoms with Gasteiger partial charge in [-0.05, 0) is 48.7 Å². The molecule has 0 amide bonds. The molecule has 2 aromatic carbocycles. The second kappa shape index (κ2) is 9.62. The second-order valence-corrected chi connectivity index (χ2v) is 6.47. The Bertz CT molecular complexity index is 728. The maximum absolute atomic E-state index is 13.2. The predicted molar refractivity (Wildman–Crippen MR) is 102 cm³/mol. The molecular weight excluding hydrogens is 361 g/mol. The van der Waals surface area contributed by atoms with E-state index in [1.54, 1.807) is 18.2 Å². The molecule has 0 saturated carbocycles. The molecule has 0 aliphatic carbocycles. The molecule has 2 aromatic rings. The van der Waals surface area contributed by atoms with Gasteiger partial charge in [0.2, 0.25) is 0 Å². The molecule has 0 bridgehead atoms. The third kappa shape index (κ3) is 6.37. The van der Waals surface area contributed by atoms with Gasteiger partial charge in [0, 0.05) is 5.56 Å². The van der Waals surface area contributed by atoms with Gasteiger partial charge in [0.05, 0.1) is 11.3 Å². The third-order valence-electron chi connectivity index (χ3n) is 3.93. The van der Waals surface area contributed by atoms with Crippen LogP contribution in [0.4, 0.5) is 18.9 Å². The Kier molecular flexibility index (Phi) is 7.51. The molecular formula is C20H22ClF3N2. The molecule has 6 heteroatoms. The summed E-state index contributed by atoms with van der Waals surface area (Å²) in [5, 5.41) is 4.00. The van der Waals surface area contributed by atoms with Crippen LogP contribution < -0.4 is 5.43 Å². The summed E-state index contributed by atoms with van der Waals surface area (Å²) in [7, 11) is 0. The molecule has 0 atom stereocenters. The first-order valence-electron chi connectivity index (χ1n) is 8.66. The van der Waals surface area contributed by atoms with Gasteiger partial charge in [-0.2, -0.15) is 18.3 Å². The monoisotopic (exact) mass is 382 g/mol. The van der Waals surface area contributed by atoms with Crippen LogP contribution in [0.15, 0.2) is 53.6 Å². The lowest BCUT2D eigenvalue weighted by atomic mass is 10.0.